The molecule has 0 saturated heterocycles. The van der Waals surface area contributed by atoms with Crippen molar-refractivity contribution in [3.05, 3.63) is 63.6 Å². The zero-order valence-electron chi connectivity index (χ0n) is 17.7. The summed E-state index contributed by atoms with van der Waals surface area (Å²) in [6, 6.07) is 11.8. The molecule has 0 aromatic heterocycles. The summed E-state index contributed by atoms with van der Waals surface area (Å²) in [5.74, 6) is 0.309. The van der Waals surface area contributed by atoms with Gasteiger partial charge in [0.2, 0.25) is 5.91 Å². The third kappa shape index (κ3) is 6.92. The average Bonchev–Trinajstić information content (AvgIpc) is 2.70. The third-order valence-electron chi connectivity index (χ3n) is 4.63. The van der Waals surface area contributed by atoms with Gasteiger partial charge in [0.15, 0.2) is 6.61 Å². The number of carbonyl (C=O) groups is 2. The fourth-order valence-corrected chi connectivity index (χ4v) is 3.27. The molecule has 162 valence electrons. The SMILES string of the molecule is Cc1ccc(OCC(=O)N(Cc2c(Cl)cccc2Cl)[C@H](C)C(=O)NCC(C)C)cc1. The van der Waals surface area contributed by atoms with Crippen molar-refractivity contribution in [3.63, 3.8) is 0 Å². The summed E-state index contributed by atoms with van der Waals surface area (Å²) in [4.78, 5) is 27.1. The van der Waals surface area contributed by atoms with Crippen LogP contribution < -0.4 is 10.1 Å². The van der Waals surface area contributed by atoms with E-state index >= 15 is 0 Å². The summed E-state index contributed by atoms with van der Waals surface area (Å²) in [7, 11) is 0. The van der Waals surface area contributed by atoms with Gasteiger partial charge in [-0.05, 0) is 44.0 Å². The van der Waals surface area contributed by atoms with E-state index in [4.69, 9.17) is 27.9 Å². The standard InChI is InChI=1S/C23H28Cl2N2O3/c1-15(2)12-26-23(29)17(4)27(13-19-20(24)6-5-7-21(19)25)22(28)14-30-18-10-8-16(3)9-11-18/h5-11,15,17H,12-14H2,1-4H3,(H,26,29)/t17-/m1/s1. The number of carbonyl (C=O) groups excluding carboxylic acids is 2. The van der Waals surface area contributed by atoms with Crippen molar-refractivity contribution in [2.75, 3.05) is 13.2 Å². The Bertz CT molecular complexity index is 849. The van der Waals surface area contributed by atoms with Gasteiger partial charge in [0.1, 0.15) is 11.8 Å². The Morgan fingerprint density at radius 1 is 1.03 bits per heavy atom. The largest absolute Gasteiger partial charge is 0.484 e. The van der Waals surface area contributed by atoms with Crippen molar-refractivity contribution in [1.82, 2.24) is 10.2 Å². The van der Waals surface area contributed by atoms with E-state index in [1.165, 1.54) is 4.90 Å². The van der Waals surface area contributed by atoms with Crippen molar-refractivity contribution in [2.24, 2.45) is 5.92 Å². The number of amides is 2. The molecule has 0 aliphatic heterocycles. The predicted octanol–water partition coefficient (Wildman–Crippen LogP) is 4.87. The Kier molecular flexibility index (Phi) is 9.00. The summed E-state index contributed by atoms with van der Waals surface area (Å²) >= 11 is 12.6. The van der Waals surface area contributed by atoms with E-state index < -0.39 is 6.04 Å². The molecule has 2 rings (SSSR count). The summed E-state index contributed by atoms with van der Waals surface area (Å²) in [5, 5.41) is 3.75. The first-order valence-electron chi connectivity index (χ1n) is 9.88. The Morgan fingerprint density at radius 2 is 1.63 bits per heavy atom. The fraction of sp³-hybridized carbons (Fsp3) is 0.391. The van der Waals surface area contributed by atoms with E-state index in [-0.39, 0.29) is 25.0 Å². The van der Waals surface area contributed by atoms with Gasteiger partial charge in [0.05, 0.1) is 0 Å². The zero-order valence-corrected chi connectivity index (χ0v) is 19.3. The van der Waals surface area contributed by atoms with Gasteiger partial charge in [0, 0.05) is 28.7 Å². The van der Waals surface area contributed by atoms with E-state index in [2.05, 4.69) is 5.32 Å². The molecule has 0 saturated carbocycles. The second-order valence-electron chi connectivity index (χ2n) is 7.64. The number of nitrogens with zero attached hydrogens (tertiary/aromatic N) is 1. The lowest BCUT2D eigenvalue weighted by Gasteiger charge is -2.29. The highest BCUT2D eigenvalue weighted by Crippen LogP contribution is 2.26. The van der Waals surface area contributed by atoms with Crippen LogP contribution in [0.4, 0.5) is 0 Å². The van der Waals surface area contributed by atoms with Crippen LogP contribution in [0.1, 0.15) is 31.9 Å². The van der Waals surface area contributed by atoms with E-state index in [9.17, 15) is 9.59 Å². The van der Waals surface area contributed by atoms with Crippen molar-refractivity contribution in [3.8, 4) is 5.75 Å². The van der Waals surface area contributed by atoms with E-state index in [1.807, 2.05) is 32.9 Å². The molecule has 0 unspecified atom stereocenters. The topological polar surface area (TPSA) is 58.6 Å². The lowest BCUT2D eigenvalue weighted by Crippen LogP contribution is -2.49. The minimum atomic E-state index is -0.717. The van der Waals surface area contributed by atoms with Crippen molar-refractivity contribution >= 4 is 35.0 Å². The second kappa shape index (κ2) is 11.2. The molecule has 0 heterocycles. The molecule has 1 N–H and O–H groups in total. The van der Waals surface area contributed by atoms with E-state index in [1.54, 1.807) is 37.3 Å². The van der Waals surface area contributed by atoms with Gasteiger partial charge in [-0.2, -0.15) is 0 Å². The van der Waals surface area contributed by atoms with Crippen LogP contribution in [0.2, 0.25) is 10.0 Å². The molecule has 2 amide bonds. The summed E-state index contributed by atoms with van der Waals surface area (Å²) in [6.07, 6.45) is 0. The molecule has 30 heavy (non-hydrogen) atoms. The highest BCUT2D eigenvalue weighted by molar-refractivity contribution is 6.36. The first-order chi connectivity index (χ1) is 14.2. The van der Waals surface area contributed by atoms with Crippen LogP contribution in [0.5, 0.6) is 5.75 Å². The van der Waals surface area contributed by atoms with Gasteiger partial charge in [-0.15, -0.1) is 0 Å². The first-order valence-corrected chi connectivity index (χ1v) is 10.6. The number of aryl methyl sites for hydroxylation is 1. The maximum absolute atomic E-state index is 13.0. The molecule has 0 spiro atoms. The second-order valence-corrected chi connectivity index (χ2v) is 8.45. The van der Waals surface area contributed by atoms with E-state index in [0.717, 1.165) is 5.56 Å². The summed E-state index contributed by atoms with van der Waals surface area (Å²) < 4.78 is 5.64. The fourth-order valence-electron chi connectivity index (χ4n) is 2.75. The molecule has 0 aliphatic carbocycles. The lowest BCUT2D eigenvalue weighted by molar-refractivity contribution is -0.142. The molecule has 0 radical (unpaired) electrons. The number of ether oxygens (including phenoxy) is 1. The van der Waals surface area contributed by atoms with Crippen LogP contribution in [-0.2, 0) is 16.1 Å². The van der Waals surface area contributed by atoms with Crippen molar-refractivity contribution in [2.45, 2.75) is 40.3 Å². The molecule has 0 aliphatic rings. The third-order valence-corrected chi connectivity index (χ3v) is 5.33. The molecule has 2 aromatic carbocycles. The van der Waals surface area contributed by atoms with Crippen LogP contribution in [0.15, 0.2) is 42.5 Å². The minimum absolute atomic E-state index is 0.102. The maximum atomic E-state index is 13.0. The van der Waals surface area contributed by atoms with Gasteiger partial charge in [-0.1, -0.05) is 60.8 Å². The summed E-state index contributed by atoms with van der Waals surface area (Å²) in [5.41, 5.74) is 1.69. The van der Waals surface area contributed by atoms with Crippen LogP contribution in [0.25, 0.3) is 0 Å². The molecule has 7 heteroatoms. The van der Waals surface area contributed by atoms with Crippen LogP contribution in [0, 0.1) is 12.8 Å². The van der Waals surface area contributed by atoms with E-state index in [0.29, 0.717) is 33.8 Å². The number of hydrogen-bond donors (Lipinski definition) is 1. The minimum Gasteiger partial charge on any atom is -0.484 e. The van der Waals surface area contributed by atoms with Crippen molar-refractivity contribution < 1.29 is 14.3 Å². The average molecular weight is 451 g/mol. The Hall–Kier alpha value is -2.24. The van der Waals surface area contributed by atoms with Gasteiger partial charge < -0.3 is 15.0 Å². The molecule has 0 fully saturated rings. The number of hydrogen-bond acceptors (Lipinski definition) is 3. The van der Waals surface area contributed by atoms with Crippen molar-refractivity contribution in [1.29, 1.82) is 0 Å². The van der Waals surface area contributed by atoms with Gasteiger partial charge in [-0.25, -0.2) is 0 Å². The highest BCUT2D eigenvalue weighted by atomic mass is 35.5. The Balaban J connectivity index is 2.19. The zero-order chi connectivity index (χ0) is 22.3. The van der Waals surface area contributed by atoms with Crippen LogP contribution in [0.3, 0.4) is 0 Å². The maximum Gasteiger partial charge on any atom is 0.261 e. The molecule has 2 aromatic rings. The van der Waals surface area contributed by atoms with Crippen LogP contribution >= 0.6 is 23.2 Å². The highest BCUT2D eigenvalue weighted by Gasteiger charge is 2.27. The molecule has 0 bridgehead atoms. The normalized spacial score (nSPS) is 11.8. The predicted molar refractivity (Wildman–Crippen MR) is 121 cm³/mol. The van der Waals surface area contributed by atoms with Gasteiger partial charge in [-0.3, -0.25) is 9.59 Å². The number of nitrogens with one attached hydrogen (secondary N) is 1. The smallest absolute Gasteiger partial charge is 0.261 e. The van der Waals surface area contributed by atoms with Gasteiger partial charge >= 0.3 is 0 Å². The lowest BCUT2D eigenvalue weighted by atomic mass is 10.1. The number of rotatable bonds is 9. The molecule has 1 atom stereocenters. The Labute approximate surface area is 188 Å². The van der Waals surface area contributed by atoms with Crippen LogP contribution in [-0.4, -0.2) is 35.9 Å². The number of halogens is 2. The molecular weight excluding hydrogens is 423 g/mol. The molecular formula is C23H28Cl2N2O3. The van der Waals surface area contributed by atoms with Gasteiger partial charge in [0.25, 0.3) is 5.91 Å². The summed E-state index contributed by atoms with van der Waals surface area (Å²) in [6.45, 7) is 8.10. The molecule has 5 nitrogen and oxygen atoms in total. The quantitative estimate of drug-likeness (QED) is 0.592. The monoisotopic (exact) mass is 450 g/mol. The first kappa shape index (κ1) is 24.0. The number of benzene rings is 2. The Morgan fingerprint density at radius 3 is 2.20 bits per heavy atom.